The molecule has 2 N–H and O–H groups in total. The molecule has 2 rings (SSSR count). The molecular formula is C10H10N2O. The van der Waals surface area contributed by atoms with Gasteiger partial charge < -0.3 is 5.11 Å². The van der Waals surface area contributed by atoms with Crippen molar-refractivity contribution in [2.45, 2.75) is 6.92 Å². The van der Waals surface area contributed by atoms with E-state index in [0.717, 1.165) is 17.0 Å². The Bertz CT molecular complexity index is 420. The third-order valence-corrected chi connectivity index (χ3v) is 1.89. The van der Waals surface area contributed by atoms with Crippen LogP contribution >= 0.6 is 0 Å². The van der Waals surface area contributed by atoms with Gasteiger partial charge in [-0.05, 0) is 25.1 Å². The fraction of sp³-hybridized carbons (Fsp3) is 0.100. The van der Waals surface area contributed by atoms with Crippen molar-refractivity contribution in [1.82, 2.24) is 10.2 Å². The van der Waals surface area contributed by atoms with Gasteiger partial charge in [0.1, 0.15) is 5.75 Å². The molecule has 0 spiro atoms. The first kappa shape index (κ1) is 7.86. The second-order valence-corrected chi connectivity index (χ2v) is 2.95. The molecule has 0 saturated heterocycles. The van der Waals surface area contributed by atoms with Crippen LogP contribution in [0.1, 0.15) is 5.69 Å². The lowest BCUT2D eigenvalue weighted by Crippen LogP contribution is -1.77. The van der Waals surface area contributed by atoms with E-state index in [4.69, 9.17) is 0 Å². The zero-order valence-corrected chi connectivity index (χ0v) is 7.28. The molecule has 3 nitrogen and oxygen atoms in total. The molecule has 2 aromatic rings. The van der Waals surface area contributed by atoms with Gasteiger partial charge in [0.25, 0.3) is 0 Å². The van der Waals surface area contributed by atoms with E-state index in [1.807, 2.05) is 25.1 Å². The van der Waals surface area contributed by atoms with Gasteiger partial charge in [-0.2, -0.15) is 5.10 Å². The lowest BCUT2D eigenvalue weighted by atomic mass is 10.1. The van der Waals surface area contributed by atoms with E-state index >= 15 is 0 Å². The summed E-state index contributed by atoms with van der Waals surface area (Å²) >= 11 is 0. The van der Waals surface area contributed by atoms with E-state index in [2.05, 4.69) is 10.2 Å². The van der Waals surface area contributed by atoms with Gasteiger partial charge in [-0.3, -0.25) is 5.10 Å². The highest BCUT2D eigenvalue weighted by atomic mass is 16.3. The van der Waals surface area contributed by atoms with E-state index < -0.39 is 0 Å². The maximum atomic E-state index is 9.52. The molecule has 0 aliphatic carbocycles. The summed E-state index contributed by atoms with van der Waals surface area (Å²) in [5.41, 5.74) is 2.51. The summed E-state index contributed by atoms with van der Waals surface area (Å²) in [4.78, 5) is 0. The monoisotopic (exact) mass is 174 g/mol. The lowest BCUT2D eigenvalue weighted by Gasteiger charge is -1.98. The van der Waals surface area contributed by atoms with Gasteiger partial charge >= 0.3 is 0 Å². The van der Waals surface area contributed by atoms with Crippen LogP contribution in [-0.2, 0) is 0 Å². The summed E-state index contributed by atoms with van der Waals surface area (Å²) in [6.45, 7) is 1.93. The first-order valence-electron chi connectivity index (χ1n) is 4.08. The SMILES string of the molecule is Cc1cc(-c2ccccc2O)n[nH]1. The van der Waals surface area contributed by atoms with Gasteiger partial charge in [-0.15, -0.1) is 0 Å². The van der Waals surface area contributed by atoms with Crippen molar-refractivity contribution in [3.05, 3.63) is 36.0 Å². The molecule has 1 heterocycles. The standard InChI is InChI=1S/C10H10N2O/c1-7-6-9(12-11-7)8-4-2-3-5-10(8)13/h2-6,13H,1H3,(H,11,12). The Morgan fingerprint density at radius 3 is 2.69 bits per heavy atom. The largest absolute Gasteiger partial charge is 0.507 e. The number of aromatic hydroxyl groups is 1. The molecule has 0 saturated carbocycles. The number of phenolic OH excluding ortho intramolecular Hbond substituents is 1. The zero-order valence-electron chi connectivity index (χ0n) is 7.28. The van der Waals surface area contributed by atoms with Gasteiger partial charge in [-0.1, -0.05) is 12.1 Å². The number of benzene rings is 1. The summed E-state index contributed by atoms with van der Waals surface area (Å²) in [5, 5.41) is 16.4. The number of nitrogens with zero attached hydrogens (tertiary/aromatic N) is 1. The van der Waals surface area contributed by atoms with E-state index in [1.54, 1.807) is 12.1 Å². The number of aryl methyl sites for hydroxylation is 1. The van der Waals surface area contributed by atoms with Crippen LogP contribution in [0.15, 0.2) is 30.3 Å². The second-order valence-electron chi connectivity index (χ2n) is 2.95. The average molecular weight is 174 g/mol. The highest BCUT2D eigenvalue weighted by Crippen LogP contribution is 2.26. The minimum Gasteiger partial charge on any atom is -0.507 e. The molecule has 0 aliphatic heterocycles. The fourth-order valence-electron chi connectivity index (χ4n) is 1.25. The Morgan fingerprint density at radius 1 is 1.31 bits per heavy atom. The summed E-state index contributed by atoms with van der Waals surface area (Å²) in [6.07, 6.45) is 0. The van der Waals surface area contributed by atoms with E-state index in [-0.39, 0.29) is 5.75 Å². The second kappa shape index (κ2) is 2.94. The van der Waals surface area contributed by atoms with Gasteiger partial charge in [0.2, 0.25) is 0 Å². The number of hydrogen-bond donors (Lipinski definition) is 2. The summed E-state index contributed by atoms with van der Waals surface area (Å²) in [7, 11) is 0. The molecule has 3 heteroatoms. The molecule has 0 radical (unpaired) electrons. The van der Waals surface area contributed by atoms with E-state index in [9.17, 15) is 5.11 Å². The third kappa shape index (κ3) is 1.40. The quantitative estimate of drug-likeness (QED) is 0.695. The summed E-state index contributed by atoms with van der Waals surface area (Å²) in [5.74, 6) is 0.258. The Morgan fingerprint density at radius 2 is 2.08 bits per heavy atom. The number of aromatic nitrogens is 2. The number of aromatic amines is 1. The van der Waals surface area contributed by atoms with Crippen LogP contribution in [0.25, 0.3) is 11.3 Å². The summed E-state index contributed by atoms with van der Waals surface area (Å²) < 4.78 is 0. The first-order chi connectivity index (χ1) is 6.27. The van der Waals surface area contributed by atoms with Crippen molar-refractivity contribution in [2.75, 3.05) is 0 Å². The molecule has 0 fully saturated rings. The Balaban J connectivity index is 2.52. The van der Waals surface area contributed by atoms with Gasteiger partial charge in [0.15, 0.2) is 0 Å². The Hall–Kier alpha value is -1.77. The number of H-pyrrole nitrogens is 1. The lowest BCUT2D eigenvalue weighted by molar-refractivity contribution is 0.477. The Kier molecular flexibility index (Phi) is 1.77. The van der Waals surface area contributed by atoms with Gasteiger partial charge in [0, 0.05) is 11.3 Å². The topological polar surface area (TPSA) is 48.9 Å². The highest BCUT2D eigenvalue weighted by molar-refractivity contribution is 5.66. The molecule has 0 amide bonds. The fourth-order valence-corrected chi connectivity index (χ4v) is 1.25. The molecule has 66 valence electrons. The van der Waals surface area contributed by atoms with E-state index in [0.29, 0.717) is 0 Å². The highest BCUT2D eigenvalue weighted by Gasteiger charge is 2.05. The maximum Gasteiger partial charge on any atom is 0.125 e. The molecule has 13 heavy (non-hydrogen) atoms. The van der Waals surface area contributed by atoms with Crippen LogP contribution in [0.5, 0.6) is 5.75 Å². The Labute approximate surface area is 76.0 Å². The average Bonchev–Trinajstić information content (AvgIpc) is 2.53. The molecule has 0 bridgehead atoms. The summed E-state index contributed by atoms with van der Waals surface area (Å²) in [6, 6.07) is 9.05. The molecule has 0 unspecified atom stereocenters. The minimum atomic E-state index is 0.258. The smallest absolute Gasteiger partial charge is 0.125 e. The molecule has 1 aromatic heterocycles. The van der Waals surface area contributed by atoms with Crippen molar-refractivity contribution in [2.24, 2.45) is 0 Å². The number of phenols is 1. The van der Waals surface area contributed by atoms with Crippen molar-refractivity contribution >= 4 is 0 Å². The molecule has 0 aliphatic rings. The number of nitrogens with one attached hydrogen (secondary N) is 1. The maximum absolute atomic E-state index is 9.52. The van der Waals surface area contributed by atoms with Crippen molar-refractivity contribution in [3.63, 3.8) is 0 Å². The number of hydrogen-bond acceptors (Lipinski definition) is 2. The molecule has 1 aromatic carbocycles. The van der Waals surface area contributed by atoms with Crippen LogP contribution in [0.4, 0.5) is 0 Å². The molecule has 0 atom stereocenters. The van der Waals surface area contributed by atoms with Crippen LogP contribution < -0.4 is 0 Å². The van der Waals surface area contributed by atoms with E-state index in [1.165, 1.54) is 0 Å². The molecular weight excluding hydrogens is 164 g/mol. The first-order valence-corrected chi connectivity index (χ1v) is 4.08. The van der Waals surface area contributed by atoms with Crippen LogP contribution in [0.2, 0.25) is 0 Å². The number of para-hydroxylation sites is 1. The van der Waals surface area contributed by atoms with Crippen molar-refractivity contribution in [1.29, 1.82) is 0 Å². The predicted molar refractivity (Wildman–Crippen MR) is 50.4 cm³/mol. The van der Waals surface area contributed by atoms with Crippen LogP contribution in [-0.4, -0.2) is 15.3 Å². The third-order valence-electron chi connectivity index (χ3n) is 1.89. The normalized spacial score (nSPS) is 10.2. The predicted octanol–water partition coefficient (Wildman–Crippen LogP) is 2.09. The van der Waals surface area contributed by atoms with Gasteiger partial charge in [0.05, 0.1) is 5.69 Å². The zero-order chi connectivity index (χ0) is 9.26. The van der Waals surface area contributed by atoms with Crippen molar-refractivity contribution < 1.29 is 5.11 Å². The minimum absolute atomic E-state index is 0.258. The number of rotatable bonds is 1. The van der Waals surface area contributed by atoms with Gasteiger partial charge in [-0.25, -0.2) is 0 Å². The van der Waals surface area contributed by atoms with Crippen LogP contribution in [0, 0.1) is 6.92 Å². The van der Waals surface area contributed by atoms with Crippen LogP contribution in [0.3, 0.4) is 0 Å². The van der Waals surface area contributed by atoms with Crippen molar-refractivity contribution in [3.8, 4) is 17.0 Å².